The number of ketones is 1. The highest BCUT2D eigenvalue weighted by Crippen LogP contribution is 2.41. The maximum atomic E-state index is 13.0. The van der Waals surface area contributed by atoms with Crippen LogP contribution in [-0.2, 0) is 16.4 Å². The van der Waals surface area contributed by atoms with Gasteiger partial charge in [0, 0.05) is 12.1 Å². The lowest BCUT2D eigenvalue weighted by atomic mass is 10.0. The second kappa shape index (κ2) is 8.99. The Hall–Kier alpha value is -2.17. The van der Waals surface area contributed by atoms with Crippen LogP contribution in [0.3, 0.4) is 0 Å². The van der Waals surface area contributed by atoms with Crippen LogP contribution in [-0.4, -0.2) is 29.5 Å². The summed E-state index contributed by atoms with van der Waals surface area (Å²) in [7, 11) is -3.93. The van der Waals surface area contributed by atoms with Crippen molar-refractivity contribution in [3.05, 3.63) is 50.9 Å². The van der Waals surface area contributed by atoms with E-state index in [1.54, 1.807) is 12.1 Å². The number of imidazole rings is 1. The Bertz CT molecular complexity index is 1290. The minimum absolute atomic E-state index is 0.0136. The molecule has 1 aromatic rings. The fourth-order valence-corrected chi connectivity index (χ4v) is 7.41. The number of hydrogen-bond acceptors (Lipinski definition) is 7. The van der Waals surface area contributed by atoms with E-state index in [2.05, 4.69) is 23.6 Å². The Balaban J connectivity index is 1.82. The van der Waals surface area contributed by atoms with Gasteiger partial charge in [0.25, 0.3) is 10.0 Å². The number of nitrogens with zero attached hydrogens (tertiary/aromatic N) is 2. The molecule has 0 saturated heterocycles. The average molecular weight is 492 g/mol. The standard InChI is InChI=1S/C22H25N3O4S3/c1-13(2)11-12-30-21-18-20(24-32(28,29)15-9-7-14(3)8-10-15)23-22(27)25(18)16-5-4-6-17(26)19(16)31-21/h7-10,13H,4-6,11-12H2,1-3H3,(H,23,24,27). The number of carbonyl (C=O) groups excluding carboxylic acids is 1. The highest BCUT2D eigenvalue weighted by Gasteiger charge is 2.31. The van der Waals surface area contributed by atoms with E-state index in [0.717, 1.165) is 21.9 Å². The molecule has 10 heteroatoms. The highest BCUT2D eigenvalue weighted by atomic mass is 32.2. The van der Waals surface area contributed by atoms with E-state index in [9.17, 15) is 18.0 Å². The number of hydrogen-bond donors (Lipinski definition) is 1. The zero-order valence-electron chi connectivity index (χ0n) is 18.2. The molecule has 2 aliphatic heterocycles. The molecule has 2 heterocycles. The van der Waals surface area contributed by atoms with Crippen molar-refractivity contribution in [1.82, 2.24) is 9.55 Å². The first-order chi connectivity index (χ1) is 15.2. The quantitative estimate of drug-likeness (QED) is 0.489. The Morgan fingerprint density at radius 1 is 1.19 bits per heavy atom. The van der Waals surface area contributed by atoms with Gasteiger partial charge in [0.15, 0.2) is 11.6 Å². The smallest absolute Gasteiger partial charge is 0.293 e. The molecule has 4 rings (SSSR count). The predicted octanol–water partition coefficient (Wildman–Crippen LogP) is 4.50. The number of Topliss-reactive ketones (excluding diaryl/α,β-unsaturated/α-hetero) is 1. The van der Waals surface area contributed by atoms with Crippen molar-refractivity contribution in [2.75, 3.05) is 10.5 Å². The normalized spacial score (nSPS) is 14.2. The van der Waals surface area contributed by atoms with Gasteiger partial charge in [0.1, 0.15) is 5.69 Å². The summed E-state index contributed by atoms with van der Waals surface area (Å²) in [6.45, 7) is 6.14. The zero-order chi connectivity index (χ0) is 23.0. The van der Waals surface area contributed by atoms with Crippen molar-refractivity contribution < 1.29 is 13.2 Å². The van der Waals surface area contributed by atoms with Gasteiger partial charge in [-0.25, -0.2) is 13.2 Å². The van der Waals surface area contributed by atoms with Crippen LogP contribution in [0.1, 0.15) is 54.0 Å². The van der Waals surface area contributed by atoms with E-state index in [-0.39, 0.29) is 16.5 Å². The fourth-order valence-electron chi connectivity index (χ4n) is 3.57. The first-order valence-corrected chi connectivity index (χ1v) is 13.8. The molecular weight excluding hydrogens is 466 g/mol. The number of fused-ring (bicyclic) bond motifs is 3. The third-order valence-electron chi connectivity index (χ3n) is 5.33. The minimum Gasteiger partial charge on any atom is -0.293 e. The molecule has 0 radical (unpaired) electrons. The van der Waals surface area contributed by atoms with Gasteiger partial charge in [-0.05, 0) is 50.0 Å². The molecule has 0 atom stereocenters. The second-order valence-electron chi connectivity index (χ2n) is 8.32. The Labute approximate surface area is 195 Å². The summed E-state index contributed by atoms with van der Waals surface area (Å²) >= 11 is 2.88. The summed E-state index contributed by atoms with van der Waals surface area (Å²) in [5.41, 5.74) is 1.46. The van der Waals surface area contributed by atoms with Crippen LogP contribution in [0.15, 0.2) is 38.2 Å². The molecule has 0 saturated carbocycles. The van der Waals surface area contributed by atoms with E-state index in [1.807, 2.05) is 6.92 Å². The minimum atomic E-state index is -3.93. The zero-order valence-corrected chi connectivity index (χ0v) is 20.6. The third-order valence-corrected chi connectivity index (χ3v) is 9.23. The number of anilines is 1. The van der Waals surface area contributed by atoms with Crippen molar-refractivity contribution in [1.29, 1.82) is 0 Å². The topological polar surface area (TPSA) is 98.1 Å². The number of benzene rings is 1. The van der Waals surface area contributed by atoms with Crippen LogP contribution in [0.25, 0.3) is 5.69 Å². The number of nitrogens with one attached hydrogen (secondary N) is 1. The van der Waals surface area contributed by atoms with Gasteiger partial charge in [0.2, 0.25) is 0 Å². The largest absolute Gasteiger partial charge is 0.354 e. The molecule has 0 fully saturated rings. The molecule has 170 valence electrons. The molecule has 3 aliphatic rings. The molecule has 0 aromatic heterocycles. The van der Waals surface area contributed by atoms with Crippen molar-refractivity contribution in [3.8, 4) is 5.69 Å². The molecule has 0 unspecified atom stereocenters. The Morgan fingerprint density at radius 3 is 2.59 bits per heavy atom. The van der Waals surface area contributed by atoms with Crippen LogP contribution < -0.4 is 10.4 Å². The lowest BCUT2D eigenvalue weighted by molar-refractivity contribution is 0.0975. The maximum Gasteiger partial charge on any atom is 0.354 e. The van der Waals surface area contributed by atoms with Gasteiger partial charge in [-0.3, -0.25) is 14.1 Å². The number of rotatable bonds is 7. The van der Waals surface area contributed by atoms with Crippen LogP contribution in [0.4, 0.5) is 5.82 Å². The number of aromatic nitrogens is 2. The summed E-state index contributed by atoms with van der Waals surface area (Å²) in [4.78, 5) is 30.2. The van der Waals surface area contributed by atoms with E-state index in [0.29, 0.717) is 41.4 Å². The Kier molecular flexibility index (Phi) is 6.46. The summed E-state index contributed by atoms with van der Waals surface area (Å²) in [6.07, 6.45) is 2.66. The molecule has 0 spiro atoms. The highest BCUT2D eigenvalue weighted by molar-refractivity contribution is 8.01. The van der Waals surface area contributed by atoms with Crippen LogP contribution in [0.2, 0.25) is 0 Å². The van der Waals surface area contributed by atoms with Gasteiger partial charge in [-0.15, -0.1) is 23.1 Å². The fraction of sp³-hybridized carbons (Fsp3) is 0.409. The summed E-state index contributed by atoms with van der Waals surface area (Å²) in [5.74, 6) is 1.33. The second-order valence-corrected chi connectivity index (χ2v) is 12.4. The van der Waals surface area contributed by atoms with Gasteiger partial charge < -0.3 is 0 Å². The van der Waals surface area contributed by atoms with Crippen molar-refractivity contribution in [2.24, 2.45) is 5.92 Å². The first-order valence-electron chi connectivity index (χ1n) is 10.5. The van der Waals surface area contributed by atoms with Gasteiger partial charge in [-0.1, -0.05) is 31.5 Å². The SMILES string of the molecule is Cc1ccc(S(=O)(=O)Nc2nc(=O)n3c4c(sc(SCCC(C)C)c2-3)C(=O)CCC4)cc1. The van der Waals surface area contributed by atoms with E-state index in [1.165, 1.54) is 39.8 Å². The molecule has 7 nitrogen and oxygen atoms in total. The lowest BCUT2D eigenvalue weighted by Gasteiger charge is -2.21. The van der Waals surface area contributed by atoms with E-state index < -0.39 is 15.7 Å². The molecule has 0 amide bonds. The molecule has 0 bridgehead atoms. The monoisotopic (exact) mass is 491 g/mol. The Morgan fingerprint density at radius 2 is 1.91 bits per heavy atom. The number of aryl methyl sites for hydroxylation is 1. The molecule has 32 heavy (non-hydrogen) atoms. The van der Waals surface area contributed by atoms with Gasteiger partial charge in [-0.2, -0.15) is 4.98 Å². The lowest BCUT2D eigenvalue weighted by Crippen LogP contribution is -2.24. The third kappa shape index (κ3) is 4.49. The first kappa shape index (κ1) is 23.0. The van der Waals surface area contributed by atoms with E-state index >= 15 is 0 Å². The summed E-state index contributed by atoms with van der Waals surface area (Å²) in [5, 5.41) is 0. The maximum absolute atomic E-state index is 13.0. The molecule has 1 aliphatic carbocycles. The van der Waals surface area contributed by atoms with Crippen molar-refractivity contribution >= 4 is 44.7 Å². The van der Waals surface area contributed by atoms with Crippen LogP contribution in [0.5, 0.6) is 0 Å². The number of sulfonamides is 1. The van der Waals surface area contributed by atoms with Gasteiger partial charge in [0.05, 0.1) is 14.0 Å². The van der Waals surface area contributed by atoms with Crippen LogP contribution in [0, 0.1) is 12.8 Å². The van der Waals surface area contributed by atoms with Crippen molar-refractivity contribution in [2.45, 2.75) is 55.6 Å². The predicted molar refractivity (Wildman–Crippen MR) is 128 cm³/mol. The van der Waals surface area contributed by atoms with Crippen LogP contribution >= 0.6 is 23.1 Å². The summed E-state index contributed by atoms with van der Waals surface area (Å²) in [6, 6.07) is 6.48. The molecular formula is C22H25N3O4S3. The van der Waals surface area contributed by atoms with E-state index in [4.69, 9.17) is 0 Å². The summed E-state index contributed by atoms with van der Waals surface area (Å²) < 4.78 is 30.7. The molecule has 1 aromatic carbocycles. The molecule has 1 N–H and O–H groups in total. The average Bonchev–Trinajstić information content (AvgIpc) is 3.04. The number of carbonyl (C=O) groups is 1. The number of thioether (sulfide) groups is 1. The van der Waals surface area contributed by atoms with Gasteiger partial charge >= 0.3 is 5.69 Å². The van der Waals surface area contributed by atoms with Crippen molar-refractivity contribution in [3.63, 3.8) is 0 Å².